The van der Waals surface area contributed by atoms with E-state index in [1.807, 2.05) is 20.8 Å². The Morgan fingerprint density at radius 3 is 1.33 bits per heavy atom. The van der Waals surface area contributed by atoms with E-state index in [9.17, 15) is 66.4 Å². The molecule has 1 aromatic carbocycles. The van der Waals surface area contributed by atoms with Gasteiger partial charge in [0.15, 0.2) is 18.9 Å². The maximum Gasteiger partial charge on any atom is 0.229 e. The molecule has 5 aliphatic rings. The summed E-state index contributed by atoms with van der Waals surface area (Å²) in [5.41, 5.74) is 3.00. The van der Waals surface area contributed by atoms with Gasteiger partial charge in [-0.25, -0.2) is 0 Å². The van der Waals surface area contributed by atoms with E-state index in [1.54, 1.807) is 0 Å². The van der Waals surface area contributed by atoms with Crippen molar-refractivity contribution in [1.29, 1.82) is 0 Å². The molecule has 75 heavy (non-hydrogen) atoms. The molecule has 0 spiro atoms. The van der Waals surface area contributed by atoms with Gasteiger partial charge in [-0.1, -0.05) is 72.6 Å². The van der Waals surface area contributed by atoms with Gasteiger partial charge in [0.25, 0.3) is 0 Å². The first-order valence-electron chi connectivity index (χ1n) is 27.1. The summed E-state index contributed by atoms with van der Waals surface area (Å²) in [6, 6.07) is 0. The zero-order valence-corrected chi connectivity index (χ0v) is 44.9. The van der Waals surface area contributed by atoms with Crippen molar-refractivity contribution < 1.29 is 109 Å². The fourth-order valence-corrected chi connectivity index (χ4v) is 11.2. The van der Waals surface area contributed by atoms with Gasteiger partial charge in [0.05, 0.1) is 26.4 Å². The maximum atomic E-state index is 11.5. The number of ether oxygens (including phenoxy) is 9. The van der Waals surface area contributed by atoms with E-state index in [0.29, 0.717) is 11.7 Å². The zero-order valence-electron chi connectivity index (χ0n) is 44.9. The third kappa shape index (κ3) is 14.5. The predicted octanol–water partition coefficient (Wildman–Crippen LogP) is -0.214. The van der Waals surface area contributed by atoms with Crippen molar-refractivity contribution in [3.63, 3.8) is 0 Å². The minimum atomic E-state index is -2.04. The Morgan fingerprint density at radius 1 is 0.480 bits per heavy atom. The summed E-state index contributed by atoms with van der Waals surface area (Å²) in [6.07, 6.45) is -22.7. The molecule has 0 saturated carbocycles. The molecule has 13 N–H and O–H groups in total. The molecule has 0 amide bonds. The fourth-order valence-electron chi connectivity index (χ4n) is 11.2. The normalized spacial score (nSPS) is 40.2. The molecule has 0 radical (unpaired) electrons. The monoisotopic (exact) mass is 1080 g/mol. The van der Waals surface area contributed by atoms with Gasteiger partial charge >= 0.3 is 0 Å². The first-order valence-corrected chi connectivity index (χ1v) is 27.1. The molecule has 3 unspecified atom stereocenters. The van der Waals surface area contributed by atoms with Crippen molar-refractivity contribution in [2.45, 2.75) is 254 Å². The van der Waals surface area contributed by atoms with Gasteiger partial charge in [-0.15, -0.1) is 0 Å². The molecule has 5 aliphatic heterocycles. The zero-order chi connectivity index (χ0) is 55.2. The number of aliphatic hydroxyl groups excluding tert-OH is 13. The maximum absolute atomic E-state index is 11.5. The summed E-state index contributed by atoms with van der Waals surface area (Å²) in [5.74, 6) is 3.40. The van der Waals surface area contributed by atoms with E-state index in [4.69, 9.17) is 42.6 Å². The van der Waals surface area contributed by atoms with E-state index in [1.165, 1.54) is 38.5 Å². The Kier molecular flexibility index (Phi) is 22.8. The molecule has 1 aromatic rings. The van der Waals surface area contributed by atoms with Crippen LogP contribution in [0.2, 0.25) is 0 Å². The minimum absolute atomic E-state index is 0.346. The Labute approximate surface area is 440 Å². The average Bonchev–Trinajstić information content (AvgIpc) is 3.37. The van der Waals surface area contributed by atoms with Crippen LogP contribution in [0.5, 0.6) is 11.5 Å². The Balaban J connectivity index is 1.03. The third-order valence-corrected chi connectivity index (χ3v) is 16.3. The summed E-state index contributed by atoms with van der Waals surface area (Å²) >= 11 is 0. The van der Waals surface area contributed by atoms with Crippen LogP contribution in [0.25, 0.3) is 0 Å². The van der Waals surface area contributed by atoms with Crippen LogP contribution in [0.1, 0.15) is 121 Å². The van der Waals surface area contributed by atoms with Crippen molar-refractivity contribution in [1.82, 2.24) is 0 Å². The van der Waals surface area contributed by atoms with Crippen LogP contribution >= 0.6 is 0 Å². The molecule has 22 heteroatoms. The quantitative estimate of drug-likeness (QED) is 0.0637. The average molecular weight is 1080 g/mol. The van der Waals surface area contributed by atoms with Crippen molar-refractivity contribution in [3.05, 3.63) is 22.3 Å². The topological polar surface area (TPSA) is 346 Å². The Morgan fingerprint density at radius 2 is 0.880 bits per heavy atom. The fraction of sp³-hybridized carbons (Fsp3) is 0.887. The smallest absolute Gasteiger partial charge is 0.229 e. The highest BCUT2D eigenvalue weighted by molar-refractivity contribution is 5.59. The number of hydrogen-bond donors (Lipinski definition) is 13. The second-order valence-corrected chi connectivity index (χ2v) is 22.7. The van der Waals surface area contributed by atoms with Gasteiger partial charge < -0.3 is 109 Å². The summed E-state index contributed by atoms with van der Waals surface area (Å²) in [7, 11) is 0. The highest BCUT2D eigenvalue weighted by Crippen LogP contribution is 2.46. The molecule has 0 aromatic heterocycles. The Bertz CT molecular complexity index is 1900. The first kappa shape index (κ1) is 62.2. The number of benzene rings is 1. The highest BCUT2D eigenvalue weighted by Gasteiger charge is 2.55. The number of fused-ring (bicyclic) bond motifs is 1. The lowest BCUT2D eigenvalue weighted by atomic mass is 9.83. The van der Waals surface area contributed by atoms with E-state index < -0.39 is 149 Å². The Hall–Kier alpha value is -1.98. The van der Waals surface area contributed by atoms with Crippen LogP contribution < -0.4 is 9.47 Å². The second-order valence-electron chi connectivity index (χ2n) is 22.7. The second kappa shape index (κ2) is 27.5. The lowest BCUT2D eigenvalue weighted by Gasteiger charge is -2.49. The molecule has 5 heterocycles. The van der Waals surface area contributed by atoms with Crippen LogP contribution in [0.15, 0.2) is 0 Å². The first-order chi connectivity index (χ1) is 35.5. The molecule has 6 rings (SSSR count). The molecular formula is C53H90O22. The summed E-state index contributed by atoms with van der Waals surface area (Å²) in [6.45, 7) is 13.8. The van der Waals surface area contributed by atoms with Crippen LogP contribution in [0.3, 0.4) is 0 Å². The standard InChI is InChI=1S/C53H90O22/c1-24(2)12-9-13-25(3)14-10-15-26(4)16-11-18-53(8)19-17-30-29(7)44(27(5)28(6)45(30)75-53)71-50-41(64)37(60)47(32(21-55)68-50)73-52-43(66)39(62)48(34(23-57)70-52)74-51-42(65)38(61)46(33(22-56)69-51)72-49-40(63)36(59)35(58)31(20-54)67-49/h24-26,31-43,46-52,54-66H,9-23H2,1-8H3/t25-,26-,31-,32-,33-,34-,35-,36+,37-,38-,39-,40-,41-,42-,43-,46-,47-,48-,49?,50+,51?,52?,53-/m1/s1. The van der Waals surface area contributed by atoms with Crippen molar-refractivity contribution in [2.24, 2.45) is 17.8 Å². The summed E-state index contributed by atoms with van der Waals surface area (Å²) < 4.78 is 53.2. The van der Waals surface area contributed by atoms with E-state index in [2.05, 4.69) is 34.6 Å². The van der Waals surface area contributed by atoms with Crippen LogP contribution in [0.4, 0.5) is 0 Å². The number of aliphatic hydroxyl groups is 13. The van der Waals surface area contributed by atoms with Crippen LogP contribution in [0, 0.1) is 38.5 Å². The predicted molar refractivity (Wildman–Crippen MR) is 265 cm³/mol. The lowest BCUT2D eigenvalue weighted by Crippen LogP contribution is -2.67. The van der Waals surface area contributed by atoms with Gasteiger partial charge in [0.2, 0.25) is 6.29 Å². The van der Waals surface area contributed by atoms with Gasteiger partial charge in [-0.05, 0) is 87.8 Å². The molecule has 4 fully saturated rings. The molecule has 434 valence electrons. The SMILES string of the molecule is Cc1c(C)c2c(c(C)c1O[C@@H]1O[C@H](CO)[C@@H](OC3O[C@H](CO)[C@@H](OC4O[C@H](CO)[C@@H](OC5O[C@H](CO)[C@@H](O)[C@H](O)[C@H]5O)[C@H](O)[C@H]4O)[C@H](O)[C@H]3O)[C@H](O)[C@H]1O)CC[C@@](C)(CCC[C@H](C)CCC[C@H](C)CCCC(C)C)O2. The third-order valence-electron chi connectivity index (χ3n) is 16.3. The highest BCUT2D eigenvalue weighted by atomic mass is 16.8. The van der Waals surface area contributed by atoms with Gasteiger partial charge in [-0.3, -0.25) is 0 Å². The number of rotatable bonds is 24. The van der Waals surface area contributed by atoms with Crippen molar-refractivity contribution in [2.75, 3.05) is 26.4 Å². The van der Waals surface area contributed by atoms with Crippen LogP contribution in [-0.2, 0) is 39.6 Å². The molecule has 0 bridgehead atoms. The molecule has 0 aliphatic carbocycles. The van der Waals surface area contributed by atoms with E-state index >= 15 is 0 Å². The van der Waals surface area contributed by atoms with E-state index in [0.717, 1.165) is 71.9 Å². The molecule has 22 nitrogen and oxygen atoms in total. The molecular weight excluding hydrogens is 989 g/mol. The van der Waals surface area contributed by atoms with Crippen molar-refractivity contribution in [3.8, 4) is 11.5 Å². The van der Waals surface area contributed by atoms with Crippen LogP contribution in [-0.4, -0.2) is 221 Å². The summed E-state index contributed by atoms with van der Waals surface area (Å²) in [5, 5.41) is 139. The molecule has 23 atom stereocenters. The van der Waals surface area contributed by atoms with Gasteiger partial charge in [0.1, 0.15) is 115 Å². The minimum Gasteiger partial charge on any atom is -0.487 e. The lowest BCUT2D eigenvalue weighted by molar-refractivity contribution is -0.387. The molecule has 4 saturated heterocycles. The van der Waals surface area contributed by atoms with Crippen molar-refractivity contribution >= 4 is 0 Å². The largest absolute Gasteiger partial charge is 0.487 e. The van der Waals surface area contributed by atoms with Gasteiger partial charge in [-0.2, -0.15) is 0 Å². The summed E-state index contributed by atoms with van der Waals surface area (Å²) in [4.78, 5) is 0. The van der Waals surface area contributed by atoms with Gasteiger partial charge in [0, 0.05) is 5.56 Å². The number of hydrogen-bond acceptors (Lipinski definition) is 22. The van der Waals surface area contributed by atoms with E-state index in [-0.39, 0.29) is 5.60 Å².